The maximum absolute atomic E-state index is 5.66. The zero-order valence-electron chi connectivity index (χ0n) is 26.9. The number of rotatable bonds is 18. The number of hydrogen-bond acceptors (Lipinski definition) is 13. The largest absolute Gasteiger partial charge is 0.383 e. The Morgan fingerprint density at radius 2 is 1.19 bits per heavy atom. The second kappa shape index (κ2) is 16.9. The van der Waals surface area contributed by atoms with Crippen molar-refractivity contribution in [3.05, 3.63) is 0 Å². The lowest BCUT2D eigenvalue weighted by Gasteiger charge is -2.33. The van der Waals surface area contributed by atoms with Gasteiger partial charge in [0.15, 0.2) is 11.6 Å². The van der Waals surface area contributed by atoms with E-state index in [0.717, 1.165) is 31.7 Å². The van der Waals surface area contributed by atoms with E-state index in [2.05, 4.69) is 40.8 Å². The molecule has 0 spiro atoms. The van der Waals surface area contributed by atoms with Crippen LogP contribution in [-0.2, 0) is 23.7 Å². The van der Waals surface area contributed by atoms with Crippen molar-refractivity contribution in [2.24, 2.45) is 5.41 Å². The van der Waals surface area contributed by atoms with E-state index in [-0.39, 0.29) is 11.5 Å². The topological polar surface area (TPSA) is 119 Å². The molecule has 42 heavy (non-hydrogen) atoms. The molecule has 2 aromatic rings. The zero-order valence-corrected chi connectivity index (χ0v) is 26.9. The summed E-state index contributed by atoms with van der Waals surface area (Å²) in [5.41, 5.74) is 1.43. The van der Waals surface area contributed by atoms with Crippen LogP contribution in [0.15, 0.2) is 0 Å². The van der Waals surface area contributed by atoms with Crippen LogP contribution in [0.25, 0.3) is 11.0 Å². The fraction of sp³-hybridized carbons (Fsp3) is 0.793. The minimum atomic E-state index is 0.0207. The Labute approximate surface area is 251 Å². The van der Waals surface area contributed by atoms with Gasteiger partial charge in [0.2, 0.25) is 11.9 Å². The predicted molar refractivity (Wildman–Crippen MR) is 167 cm³/mol. The SMILES string of the molecule is COCCN(CCOC)c1nc(N2CCC(OC)CC2)c2nc(N(CCOC)CCOC)nc(NCC(C)(C)C)c2n1. The molecule has 3 heterocycles. The molecular formula is C29H52N8O5. The smallest absolute Gasteiger partial charge is 0.228 e. The summed E-state index contributed by atoms with van der Waals surface area (Å²) >= 11 is 0. The molecule has 0 amide bonds. The molecule has 13 heteroatoms. The Morgan fingerprint density at radius 1 is 0.714 bits per heavy atom. The molecule has 0 aliphatic carbocycles. The standard InChI is InChI=1S/C29H52N8O5/c1-29(2,3)21-30-25-23-24(32-27(33-25)36(13-17-38-4)14-18-39-5)26(35-11-9-22(42-8)10-12-35)34-28(31-23)37(15-19-40-6)16-20-41-7/h22H,9-21H2,1-8H3,(H,30,32,33). The molecule has 2 aromatic heterocycles. The minimum absolute atomic E-state index is 0.0207. The number of methoxy groups -OCH3 is 5. The van der Waals surface area contributed by atoms with Crippen LogP contribution in [0.5, 0.6) is 0 Å². The van der Waals surface area contributed by atoms with Crippen LogP contribution >= 0.6 is 0 Å². The first-order valence-corrected chi connectivity index (χ1v) is 14.8. The average Bonchev–Trinajstić information content (AvgIpc) is 2.99. The molecule has 0 bridgehead atoms. The molecule has 0 atom stereocenters. The molecule has 0 aromatic carbocycles. The van der Waals surface area contributed by atoms with Gasteiger partial charge in [-0.15, -0.1) is 0 Å². The third kappa shape index (κ3) is 9.73. The number of ether oxygens (including phenoxy) is 5. The van der Waals surface area contributed by atoms with Crippen molar-refractivity contribution in [3.63, 3.8) is 0 Å². The molecule has 1 saturated heterocycles. The van der Waals surface area contributed by atoms with E-state index in [9.17, 15) is 0 Å². The Bertz CT molecular complexity index is 1060. The lowest BCUT2D eigenvalue weighted by Crippen LogP contribution is -2.38. The van der Waals surface area contributed by atoms with Gasteiger partial charge in [-0.05, 0) is 18.3 Å². The molecule has 3 rings (SSSR count). The predicted octanol–water partition coefficient (Wildman–Crippen LogP) is 2.69. The molecule has 0 radical (unpaired) electrons. The number of fused-ring (bicyclic) bond motifs is 1. The van der Waals surface area contributed by atoms with Crippen LogP contribution in [0.3, 0.4) is 0 Å². The summed E-state index contributed by atoms with van der Waals surface area (Å²) in [6.45, 7) is 13.6. The van der Waals surface area contributed by atoms with E-state index in [1.807, 2.05) is 0 Å². The lowest BCUT2D eigenvalue weighted by atomic mass is 9.97. The van der Waals surface area contributed by atoms with Gasteiger partial charge in [-0.25, -0.2) is 9.97 Å². The van der Waals surface area contributed by atoms with E-state index in [1.165, 1.54) is 0 Å². The lowest BCUT2D eigenvalue weighted by molar-refractivity contribution is 0.0818. The van der Waals surface area contributed by atoms with Crippen molar-refractivity contribution in [1.82, 2.24) is 19.9 Å². The molecule has 238 valence electrons. The highest BCUT2D eigenvalue weighted by Gasteiger charge is 2.27. The van der Waals surface area contributed by atoms with E-state index in [4.69, 9.17) is 43.6 Å². The van der Waals surface area contributed by atoms with Crippen LogP contribution in [0.4, 0.5) is 23.5 Å². The first-order chi connectivity index (χ1) is 20.2. The molecule has 0 saturated carbocycles. The monoisotopic (exact) mass is 592 g/mol. The van der Waals surface area contributed by atoms with Crippen molar-refractivity contribution in [3.8, 4) is 0 Å². The maximum atomic E-state index is 5.66. The first-order valence-electron chi connectivity index (χ1n) is 14.8. The van der Waals surface area contributed by atoms with Crippen molar-refractivity contribution in [2.75, 3.05) is 128 Å². The second-order valence-electron chi connectivity index (χ2n) is 11.7. The molecular weight excluding hydrogens is 540 g/mol. The van der Waals surface area contributed by atoms with Gasteiger partial charge >= 0.3 is 0 Å². The number of anilines is 4. The van der Waals surface area contributed by atoms with E-state index in [0.29, 0.717) is 87.9 Å². The van der Waals surface area contributed by atoms with E-state index >= 15 is 0 Å². The van der Waals surface area contributed by atoms with Gasteiger partial charge in [0.25, 0.3) is 0 Å². The van der Waals surface area contributed by atoms with Gasteiger partial charge in [0, 0.05) is 81.4 Å². The van der Waals surface area contributed by atoms with Crippen molar-refractivity contribution in [1.29, 1.82) is 0 Å². The van der Waals surface area contributed by atoms with Crippen LogP contribution in [0, 0.1) is 5.41 Å². The van der Waals surface area contributed by atoms with Gasteiger partial charge in [-0.3, -0.25) is 0 Å². The van der Waals surface area contributed by atoms with Gasteiger partial charge < -0.3 is 43.7 Å². The van der Waals surface area contributed by atoms with Crippen molar-refractivity contribution < 1.29 is 23.7 Å². The summed E-state index contributed by atoms with van der Waals surface area (Å²) in [6.07, 6.45) is 2.06. The first kappa shape index (κ1) is 33.9. The molecule has 0 unspecified atom stereocenters. The van der Waals surface area contributed by atoms with Crippen molar-refractivity contribution in [2.45, 2.75) is 39.7 Å². The normalized spacial score (nSPS) is 14.5. The second-order valence-corrected chi connectivity index (χ2v) is 11.7. The van der Waals surface area contributed by atoms with Crippen LogP contribution in [0.2, 0.25) is 0 Å². The maximum Gasteiger partial charge on any atom is 0.228 e. The fourth-order valence-corrected chi connectivity index (χ4v) is 4.69. The van der Waals surface area contributed by atoms with Crippen LogP contribution in [0.1, 0.15) is 33.6 Å². The van der Waals surface area contributed by atoms with E-state index in [1.54, 1.807) is 35.5 Å². The third-order valence-corrected chi connectivity index (χ3v) is 7.19. The Morgan fingerprint density at radius 3 is 1.64 bits per heavy atom. The summed E-state index contributed by atoms with van der Waals surface area (Å²) in [7, 11) is 8.57. The summed E-state index contributed by atoms with van der Waals surface area (Å²) < 4.78 is 27.3. The van der Waals surface area contributed by atoms with E-state index < -0.39 is 0 Å². The van der Waals surface area contributed by atoms with Gasteiger partial charge in [0.05, 0.1) is 32.5 Å². The molecule has 1 N–H and O–H groups in total. The fourth-order valence-electron chi connectivity index (χ4n) is 4.69. The highest BCUT2D eigenvalue weighted by Crippen LogP contribution is 2.33. The summed E-state index contributed by atoms with van der Waals surface area (Å²) in [4.78, 5) is 26.9. The Hall–Kier alpha value is -2.58. The average molecular weight is 593 g/mol. The molecule has 13 nitrogen and oxygen atoms in total. The molecule has 1 aliphatic heterocycles. The Balaban J connectivity index is 2.23. The Kier molecular flexibility index (Phi) is 13.6. The molecule has 1 aliphatic rings. The summed E-state index contributed by atoms with van der Waals surface area (Å²) in [5, 5.41) is 3.60. The van der Waals surface area contributed by atoms with Crippen LogP contribution < -0.4 is 20.0 Å². The minimum Gasteiger partial charge on any atom is -0.383 e. The number of aromatic nitrogens is 4. The number of nitrogens with zero attached hydrogens (tertiary/aromatic N) is 7. The third-order valence-electron chi connectivity index (χ3n) is 7.19. The number of hydrogen-bond donors (Lipinski definition) is 1. The number of piperidine rings is 1. The van der Waals surface area contributed by atoms with Gasteiger partial charge in [0.1, 0.15) is 11.0 Å². The zero-order chi connectivity index (χ0) is 30.5. The highest BCUT2D eigenvalue weighted by atomic mass is 16.5. The summed E-state index contributed by atoms with van der Waals surface area (Å²) in [5.74, 6) is 2.67. The molecule has 1 fully saturated rings. The van der Waals surface area contributed by atoms with Crippen LogP contribution in [-0.4, -0.2) is 134 Å². The van der Waals surface area contributed by atoms with Crippen molar-refractivity contribution >= 4 is 34.6 Å². The van der Waals surface area contributed by atoms with Gasteiger partial charge in [-0.2, -0.15) is 9.97 Å². The number of nitrogens with one attached hydrogen (secondary N) is 1. The van der Waals surface area contributed by atoms with Gasteiger partial charge in [-0.1, -0.05) is 20.8 Å². The highest BCUT2D eigenvalue weighted by molar-refractivity contribution is 5.95. The summed E-state index contributed by atoms with van der Waals surface area (Å²) in [6, 6.07) is 0. The quantitative estimate of drug-likeness (QED) is 0.273.